The molecule has 4 nitrogen and oxygen atoms in total. The lowest BCUT2D eigenvalue weighted by molar-refractivity contribution is -0.128. The van der Waals surface area contributed by atoms with Crippen LogP contribution in [0.15, 0.2) is 0 Å². The number of likely N-dealkylation sites (tertiary alicyclic amines) is 1. The Bertz CT molecular complexity index is 450. The number of rotatable bonds is 5. The number of amides is 1. The van der Waals surface area contributed by atoms with E-state index in [9.17, 15) is 4.79 Å². The van der Waals surface area contributed by atoms with Gasteiger partial charge in [-0.25, -0.2) is 0 Å². The summed E-state index contributed by atoms with van der Waals surface area (Å²) in [5.74, 6) is 2.44. The van der Waals surface area contributed by atoms with Crippen LogP contribution >= 0.6 is 0 Å². The lowest BCUT2D eigenvalue weighted by atomic mass is 9.65. The fraction of sp³-hybridized carbons (Fsp3) is 0.952. The molecule has 3 fully saturated rings. The van der Waals surface area contributed by atoms with Crippen LogP contribution in [0, 0.1) is 23.7 Å². The smallest absolute Gasteiger partial charge is 0.223 e. The number of hydrogen-bond donors (Lipinski definition) is 2. The zero-order chi connectivity index (χ0) is 18.0. The van der Waals surface area contributed by atoms with E-state index < -0.39 is 0 Å². The highest BCUT2D eigenvalue weighted by atomic mass is 16.1. The van der Waals surface area contributed by atoms with Crippen LogP contribution < -0.4 is 11.1 Å². The zero-order valence-corrected chi connectivity index (χ0v) is 16.6. The van der Waals surface area contributed by atoms with Crippen molar-refractivity contribution in [2.24, 2.45) is 29.4 Å². The molecule has 4 heteroatoms. The summed E-state index contributed by atoms with van der Waals surface area (Å²) in [6, 6.07) is 0.341. The molecular formula is C21H39N3O. The van der Waals surface area contributed by atoms with Gasteiger partial charge >= 0.3 is 0 Å². The summed E-state index contributed by atoms with van der Waals surface area (Å²) in [7, 11) is 0. The summed E-state index contributed by atoms with van der Waals surface area (Å²) in [6.45, 7) is 9.99. The first-order chi connectivity index (χ1) is 11.9. The normalized spacial score (nSPS) is 36.9. The Morgan fingerprint density at radius 2 is 1.84 bits per heavy atom. The lowest BCUT2D eigenvalue weighted by Crippen LogP contribution is -2.56. The van der Waals surface area contributed by atoms with Crippen LogP contribution in [0.25, 0.3) is 0 Å². The number of nitrogens with one attached hydrogen (secondary N) is 1. The van der Waals surface area contributed by atoms with E-state index in [2.05, 4.69) is 31.0 Å². The van der Waals surface area contributed by atoms with Crippen LogP contribution in [0.5, 0.6) is 0 Å². The van der Waals surface area contributed by atoms with Crippen molar-refractivity contribution in [3.05, 3.63) is 0 Å². The number of carbonyl (C=O) groups excluding carboxylic acids is 1. The zero-order valence-electron chi connectivity index (χ0n) is 16.6. The fourth-order valence-corrected chi connectivity index (χ4v) is 5.51. The Morgan fingerprint density at radius 1 is 1.16 bits per heavy atom. The van der Waals surface area contributed by atoms with Gasteiger partial charge in [0.05, 0.1) is 0 Å². The quantitative estimate of drug-likeness (QED) is 0.801. The number of carbonyl (C=O) groups is 1. The Labute approximate surface area is 154 Å². The predicted octanol–water partition coefficient (Wildman–Crippen LogP) is 3.16. The van der Waals surface area contributed by atoms with Gasteiger partial charge in [0.1, 0.15) is 0 Å². The van der Waals surface area contributed by atoms with Crippen molar-refractivity contribution in [2.75, 3.05) is 19.6 Å². The van der Waals surface area contributed by atoms with Crippen LogP contribution in [-0.2, 0) is 4.79 Å². The lowest BCUT2D eigenvalue weighted by Gasteiger charge is -2.45. The number of fused-ring (bicyclic) bond motifs is 2. The predicted molar refractivity (Wildman–Crippen MR) is 103 cm³/mol. The maximum atomic E-state index is 12.8. The molecule has 25 heavy (non-hydrogen) atoms. The first-order valence-electron chi connectivity index (χ1n) is 10.7. The SMILES string of the molecule is CCC1CCCN(C(C)(C)CNC(=O)C2CC3CCCC(C2)C3N)C1. The molecule has 0 spiro atoms. The van der Waals surface area contributed by atoms with Gasteiger partial charge in [0.15, 0.2) is 0 Å². The topological polar surface area (TPSA) is 58.4 Å². The van der Waals surface area contributed by atoms with Crippen LogP contribution in [0.3, 0.4) is 0 Å². The molecule has 0 aromatic carbocycles. The van der Waals surface area contributed by atoms with Crippen molar-refractivity contribution in [1.29, 1.82) is 0 Å². The highest BCUT2D eigenvalue weighted by Gasteiger charge is 2.41. The highest BCUT2D eigenvalue weighted by molar-refractivity contribution is 5.78. The molecule has 2 bridgehead atoms. The Balaban J connectivity index is 1.51. The number of nitrogens with two attached hydrogens (primary N) is 1. The summed E-state index contributed by atoms with van der Waals surface area (Å²) in [6.07, 6.45) is 9.68. The van der Waals surface area contributed by atoms with Crippen LogP contribution in [-0.4, -0.2) is 42.0 Å². The molecule has 3 rings (SSSR count). The second-order valence-corrected chi connectivity index (χ2v) is 9.59. The van der Waals surface area contributed by atoms with E-state index in [0.29, 0.717) is 17.9 Å². The van der Waals surface area contributed by atoms with Gasteiger partial charge in [-0.3, -0.25) is 9.69 Å². The first kappa shape index (κ1) is 19.2. The van der Waals surface area contributed by atoms with Crippen molar-refractivity contribution in [3.63, 3.8) is 0 Å². The van der Waals surface area contributed by atoms with Gasteiger partial charge in [-0.05, 0) is 76.7 Å². The summed E-state index contributed by atoms with van der Waals surface area (Å²) < 4.78 is 0. The Hall–Kier alpha value is -0.610. The summed E-state index contributed by atoms with van der Waals surface area (Å²) in [4.78, 5) is 15.4. The van der Waals surface area contributed by atoms with Crippen molar-refractivity contribution in [2.45, 2.75) is 83.7 Å². The van der Waals surface area contributed by atoms with Gasteiger partial charge in [-0.15, -0.1) is 0 Å². The molecule has 144 valence electrons. The van der Waals surface area contributed by atoms with Crippen molar-refractivity contribution < 1.29 is 4.79 Å². The summed E-state index contributed by atoms with van der Waals surface area (Å²) in [5.41, 5.74) is 6.42. The summed E-state index contributed by atoms with van der Waals surface area (Å²) >= 11 is 0. The van der Waals surface area contributed by atoms with Gasteiger partial charge in [-0.2, -0.15) is 0 Å². The van der Waals surface area contributed by atoms with Crippen LogP contribution in [0.2, 0.25) is 0 Å². The van der Waals surface area contributed by atoms with Gasteiger partial charge in [0.25, 0.3) is 0 Å². The molecule has 1 heterocycles. The average molecular weight is 350 g/mol. The minimum absolute atomic E-state index is 0.0461. The van der Waals surface area contributed by atoms with Gasteiger partial charge in [-0.1, -0.05) is 19.8 Å². The van der Waals surface area contributed by atoms with E-state index in [1.165, 1.54) is 51.6 Å². The Kier molecular flexibility index (Phi) is 6.10. The first-order valence-corrected chi connectivity index (χ1v) is 10.7. The van der Waals surface area contributed by atoms with Gasteiger partial charge in [0, 0.05) is 30.6 Å². The minimum atomic E-state index is 0.0461. The summed E-state index contributed by atoms with van der Waals surface area (Å²) in [5, 5.41) is 3.31. The number of piperidine rings is 1. The molecule has 3 N–H and O–H groups in total. The van der Waals surface area contributed by atoms with E-state index in [-0.39, 0.29) is 17.4 Å². The average Bonchev–Trinajstić information content (AvgIpc) is 2.59. The van der Waals surface area contributed by atoms with Crippen molar-refractivity contribution in [1.82, 2.24) is 10.2 Å². The molecule has 2 aliphatic carbocycles. The minimum Gasteiger partial charge on any atom is -0.354 e. The van der Waals surface area contributed by atoms with E-state index in [1.54, 1.807) is 0 Å². The van der Waals surface area contributed by atoms with E-state index in [4.69, 9.17) is 5.73 Å². The van der Waals surface area contributed by atoms with E-state index in [1.807, 2.05) is 0 Å². The third-order valence-electron chi connectivity index (χ3n) is 7.43. The molecule has 1 aliphatic heterocycles. The van der Waals surface area contributed by atoms with E-state index >= 15 is 0 Å². The molecule has 1 amide bonds. The third kappa shape index (κ3) is 4.39. The molecule has 0 aromatic rings. The standard InChI is InChI=1S/C21H39N3O/c1-4-15-7-6-10-24(13-15)21(2,3)14-23-20(25)18-11-16-8-5-9-17(12-18)19(16)22/h15-19H,4-14,22H2,1-3H3,(H,23,25). The maximum absolute atomic E-state index is 12.8. The van der Waals surface area contributed by atoms with Crippen LogP contribution in [0.4, 0.5) is 0 Å². The van der Waals surface area contributed by atoms with E-state index in [0.717, 1.165) is 25.3 Å². The Morgan fingerprint density at radius 3 is 2.48 bits per heavy atom. The van der Waals surface area contributed by atoms with Crippen LogP contribution in [0.1, 0.15) is 72.1 Å². The second kappa shape index (κ2) is 7.96. The third-order valence-corrected chi connectivity index (χ3v) is 7.43. The second-order valence-electron chi connectivity index (χ2n) is 9.59. The fourth-order valence-electron chi connectivity index (χ4n) is 5.51. The molecule has 3 atom stereocenters. The van der Waals surface area contributed by atoms with Gasteiger partial charge in [0.2, 0.25) is 5.91 Å². The molecule has 3 unspecified atom stereocenters. The number of hydrogen-bond acceptors (Lipinski definition) is 3. The van der Waals surface area contributed by atoms with Crippen molar-refractivity contribution in [3.8, 4) is 0 Å². The number of nitrogens with zero attached hydrogens (tertiary/aromatic N) is 1. The van der Waals surface area contributed by atoms with Gasteiger partial charge < -0.3 is 11.1 Å². The molecule has 1 saturated heterocycles. The monoisotopic (exact) mass is 349 g/mol. The molecule has 2 saturated carbocycles. The molecule has 3 aliphatic rings. The molecule has 0 radical (unpaired) electrons. The van der Waals surface area contributed by atoms with Crippen molar-refractivity contribution >= 4 is 5.91 Å². The largest absolute Gasteiger partial charge is 0.354 e. The molecule has 0 aromatic heterocycles. The highest BCUT2D eigenvalue weighted by Crippen LogP contribution is 2.41. The molecular weight excluding hydrogens is 310 g/mol. The maximum Gasteiger partial charge on any atom is 0.223 e.